The highest BCUT2D eigenvalue weighted by Crippen LogP contribution is 2.29. The number of hydrogen-bond acceptors (Lipinski definition) is 5. The molecule has 1 heterocycles. The van der Waals surface area contributed by atoms with Crippen molar-refractivity contribution < 1.29 is 24.4 Å². The molecule has 1 aliphatic rings. The van der Waals surface area contributed by atoms with Crippen molar-refractivity contribution in [2.45, 2.75) is 71.1 Å². The Morgan fingerprint density at radius 2 is 1.55 bits per heavy atom. The van der Waals surface area contributed by atoms with Crippen molar-refractivity contribution in [2.24, 2.45) is 5.92 Å². The van der Waals surface area contributed by atoms with Crippen LogP contribution in [0.2, 0.25) is 0 Å². The van der Waals surface area contributed by atoms with Crippen LogP contribution in [0.25, 0.3) is 0 Å². The highest BCUT2D eigenvalue weighted by molar-refractivity contribution is 4.89. The zero-order valence-electron chi connectivity index (χ0n) is 13.0. The van der Waals surface area contributed by atoms with E-state index in [1.807, 2.05) is 6.92 Å². The van der Waals surface area contributed by atoms with Crippen LogP contribution in [-0.2, 0) is 14.2 Å². The Bertz CT molecular complexity index is 238. The molecule has 0 aromatic heterocycles. The van der Waals surface area contributed by atoms with Gasteiger partial charge in [-0.25, -0.2) is 0 Å². The predicted octanol–water partition coefficient (Wildman–Crippen LogP) is 1.70. The van der Waals surface area contributed by atoms with Gasteiger partial charge in [-0.3, -0.25) is 0 Å². The van der Waals surface area contributed by atoms with Crippen LogP contribution < -0.4 is 0 Å². The fraction of sp³-hybridized carbons (Fsp3) is 1.00. The summed E-state index contributed by atoms with van der Waals surface area (Å²) in [6, 6.07) is 0. The fourth-order valence-electron chi connectivity index (χ4n) is 2.38. The molecule has 1 saturated heterocycles. The van der Waals surface area contributed by atoms with E-state index in [4.69, 9.17) is 14.2 Å². The van der Waals surface area contributed by atoms with Crippen molar-refractivity contribution in [1.29, 1.82) is 0 Å². The molecule has 5 nitrogen and oxygen atoms in total. The predicted molar refractivity (Wildman–Crippen MR) is 76.4 cm³/mol. The maximum absolute atomic E-state index is 9.93. The fourth-order valence-corrected chi connectivity index (χ4v) is 2.38. The van der Waals surface area contributed by atoms with Crippen LogP contribution in [0.3, 0.4) is 0 Å². The van der Waals surface area contributed by atoms with E-state index in [0.29, 0.717) is 13.2 Å². The Labute approximate surface area is 122 Å². The summed E-state index contributed by atoms with van der Waals surface area (Å²) in [6.07, 6.45) is 2.07. The van der Waals surface area contributed by atoms with Crippen molar-refractivity contribution in [3.05, 3.63) is 0 Å². The van der Waals surface area contributed by atoms with E-state index in [9.17, 15) is 10.2 Å². The number of aliphatic hydroxyl groups is 2. The van der Waals surface area contributed by atoms with Gasteiger partial charge in [0.25, 0.3) is 0 Å². The summed E-state index contributed by atoms with van der Waals surface area (Å²) in [5.41, 5.74) is 0. The van der Waals surface area contributed by atoms with Crippen LogP contribution in [-0.4, -0.2) is 54.6 Å². The van der Waals surface area contributed by atoms with E-state index >= 15 is 0 Å². The van der Waals surface area contributed by atoms with Crippen LogP contribution in [0.5, 0.6) is 0 Å². The van der Waals surface area contributed by atoms with Crippen molar-refractivity contribution >= 4 is 0 Å². The Morgan fingerprint density at radius 3 is 2.05 bits per heavy atom. The van der Waals surface area contributed by atoms with Gasteiger partial charge < -0.3 is 24.4 Å². The Kier molecular flexibility index (Phi) is 8.64. The van der Waals surface area contributed by atoms with E-state index in [0.717, 1.165) is 25.7 Å². The third kappa shape index (κ3) is 4.97. The molecule has 2 N–H and O–H groups in total. The van der Waals surface area contributed by atoms with Gasteiger partial charge in [-0.1, -0.05) is 33.6 Å². The van der Waals surface area contributed by atoms with Gasteiger partial charge in [0.05, 0.1) is 12.7 Å². The third-order valence-electron chi connectivity index (χ3n) is 3.77. The average Bonchev–Trinajstić information content (AvgIpc) is 2.45. The maximum Gasteiger partial charge on any atom is 0.160 e. The number of hydrogen-bond donors (Lipinski definition) is 2. The van der Waals surface area contributed by atoms with Gasteiger partial charge in [-0.2, -0.15) is 0 Å². The van der Waals surface area contributed by atoms with Crippen LogP contribution in [0.4, 0.5) is 0 Å². The molecule has 0 spiro atoms. The molecule has 120 valence electrons. The molecule has 0 bridgehead atoms. The molecular weight excluding hydrogens is 260 g/mol. The van der Waals surface area contributed by atoms with Gasteiger partial charge in [-0.15, -0.1) is 0 Å². The van der Waals surface area contributed by atoms with Crippen LogP contribution in [0.15, 0.2) is 0 Å². The zero-order chi connectivity index (χ0) is 15.0. The Hall–Kier alpha value is -0.200. The molecule has 5 heteroatoms. The summed E-state index contributed by atoms with van der Waals surface area (Å²) in [4.78, 5) is 0. The van der Waals surface area contributed by atoms with Crippen molar-refractivity contribution in [1.82, 2.24) is 0 Å². The molecule has 20 heavy (non-hydrogen) atoms. The second-order valence-electron chi connectivity index (χ2n) is 5.48. The summed E-state index contributed by atoms with van der Waals surface area (Å²) in [7, 11) is 0. The molecule has 1 rings (SSSR count). The minimum Gasteiger partial charge on any atom is -0.394 e. The maximum atomic E-state index is 9.93. The summed E-state index contributed by atoms with van der Waals surface area (Å²) in [5, 5.41) is 19.4. The van der Waals surface area contributed by atoms with E-state index in [2.05, 4.69) is 13.8 Å². The van der Waals surface area contributed by atoms with Crippen molar-refractivity contribution in [2.75, 3.05) is 19.8 Å². The molecule has 5 atom stereocenters. The smallest absolute Gasteiger partial charge is 0.160 e. The standard InChI is InChI=1S/C15H30O5/c1-4-6-8-18-13-11(3)15(17)20-12(10-16)14(13)19-9-7-5-2/h11-17H,4-10H2,1-3H3/t11-,12?,13?,14+,15+/m0/s1. The van der Waals surface area contributed by atoms with Gasteiger partial charge >= 0.3 is 0 Å². The molecule has 0 amide bonds. The number of rotatable bonds is 9. The largest absolute Gasteiger partial charge is 0.394 e. The first-order valence-electron chi connectivity index (χ1n) is 7.83. The van der Waals surface area contributed by atoms with Gasteiger partial charge in [0.15, 0.2) is 6.29 Å². The molecule has 0 aliphatic carbocycles. The molecule has 0 aromatic carbocycles. The normalized spacial score (nSPS) is 34.4. The van der Waals surface area contributed by atoms with Crippen LogP contribution in [0, 0.1) is 5.92 Å². The lowest BCUT2D eigenvalue weighted by atomic mass is 9.92. The van der Waals surface area contributed by atoms with Crippen LogP contribution >= 0.6 is 0 Å². The van der Waals surface area contributed by atoms with Gasteiger partial charge in [-0.05, 0) is 12.8 Å². The lowest BCUT2D eigenvalue weighted by Crippen LogP contribution is -2.57. The van der Waals surface area contributed by atoms with E-state index < -0.39 is 12.4 Å². The second kappa shape index (κ2) is 9.68. The molecule has 1 aliphatic heterocycles. The Morgan fingerprint density at radius 1 is 1.00 bits per heavy atom. The minimum absolute atomic E-state index is 0.165. The summed E-state index contributed by atoms with van der Waals surface area (Å²) in [6.45, 7) is 7.20. The second-order valence-corrected chi connectivity index (χ2v) is 5.48. The van der Waals surface area contributed by atoms with Gasteiger partial charge in [0.2, 0.25) is 0 Å². The van der Waals surface area contributed by atoms with E-state index in [1.165, 1.54) is 0 Å². The first kappa shape index (κ1) is 17.9. The number of ether oxygens (including phenoxy) is 3. The van der Waals surface area contributed by atoms with Gasteiger partial charge in [0.1, 0.15) is 12.2 Å². The first-order chi connectivity index (χ1) is 9.65. The summed E-state index contributed by atoms with van der Waals surface area (Å²) in [5.74, 6) is -0.165. The highest BCUT2D eigenvalue weighted by Gasteiger charge is 2.44. The molecule has 0 saturated carbocycles. The Balaban J connectivity index is 2.66. The lowest BCUT2D eigenvalue weighted by molar-refractivity contribution is -0.283. The quantitative estimate of drug-likeness (QED) is 0.633. The van der Waals surface area contributed by atoms with E-state index in [-0.39, 0.29) is 24.7 Å². The highest BCUT2D eigenvalue weighted by atomic mass is 16.6. The van der Waals surface area contributed by atoms with Crippen molar-refractivity contribution in [3.63, 3.8) is 0 Å². The topological polar surface area (TPSA) is 68.2 Å². The zero-order valence-corrected chi connectivity index (χ0v) is 13.0. The monoisotopic (exact) mass is 290 g/mol. The molecular formula is C15H30O5. The molecule has 1 fully saturated rings. The molecule has 2 unspecified atom stereocenters. The van der Waals surface area contributed by atoms with Crippen LogP contribution in [0.1, 0.15) is 46.5 Å². The molecule has 0 aromatic rings. The van der Waals surface area contributed by atoms with E-state index in [1.54, 1.807) is 0 Å². The third-order valence-corrected chi connectivity index (χ3v) is 3.77. The van der Waals surface area contributed by atoms with Crippen molar-refractivity contribution in [3.8, 4) is 0 Å². The summed E-state index contributed by atoms with van der Waals surface area (Å²) >= 11 is 0. The molecule has 0 radical (unpaired) electrons. The first-order valence-corrected chi connectivity index (χ1v) is 7.83. The number of aliphatic hydroxyl groups excluding tert-OH is 2. The number of unbranched alkanes of at least 4 members (excludes halogenated alkanes) is 2. The lowest BCUT2D eigenvalue weighted by Gasteiger charge is -2.43. The summed E-state index contributed by atoms with van der Waals surface area (Å²) < 4.78 is 17.2. The van der Waals surface area contributed by atoms with Gasteiger partial charge in [0, 0.05) is 19.1 Å². The average molecular weight is 290 g/mol. The minimum atomic E-state index is -0.912. The SMILES string of the molecule is CCCCOC1[C@H](OCCCC)C(CO)O[C@@H](O)[C@H]1C.